The molecule has 7 nitrogen and oxygen atoms in total. The molecule has 2 aromatic carbocycles. The number of nitrogens with zero attached hydrogens (tertiary/aromatic N) is 1. The maximum atomic E-state index is 13.8. The highest BCUT2D eigenvalue weighted by atomic mass is 35.5. The van der Waals surface area contributed by atoms with Crippen LogP contribution in [0.15, 0.2) is 53.4 Å². The SMILES string of the molecule is O=C1N[C@](NS(=O)(=O)c2ccccc2)(C(F)(F)F)C(=O)N1c1ccc(F)c(Cl)c1. The molecule has 0 radical (unpaired) electrons. The van der Waals surface area contributed by atoms with Gasteiger partial charge in [0.05, 0.1) is 15.6 Å². The minimum atomic E-state index is -5.56. The average molecular weight is 452 g/mol. The van der Waals surface area contributed by atoms with Crippen LogP contribution in [0.4, 0.5) is 28.0 Å². The van der Waals surface area contributed by atoms with Crippen molar-refractivity contribution in [1.29, 1.82) is 0 Å². The number of imide groups is 1. The van der Waals surface area contributed by atoms with Crippen LogP contribution in [0, 0.1) is 5.82 Å². The molecule has 1 atom stereocenters. The van der Waals surface area contributed by atoms with Gasteiger partial charge in [-0.25, -0.2) is 22.5 Å². The van der Waals surface area contributed by atoms with E-state index in [4.69, 9.17) is 11.6 Å². The molecule has 2 N–H and O–H groups in total. The van der Waals surface area contributed by atoms with Crippen molar-refractivity contribution in [2.75, 3.05) is 4.90 Å². The zero-order valence-corrected chi connectivity index (χ0v) is 15.6. The molecule has 29 heavy (non-hydrogen) atoms. The molecule has 1 saturated heterocycles. The summed E-state index contributed by atoms with van der Waals surface area (Å²) < 4.78 is 81.0. The molecule has 2 aromatic rings. The average Bonchev–Trinajstić information content (AvgIpc) is 2.88. The first-order chi connectivity index (χ1) is 13.4. The fraction of sp³-hybridized carbons (Fsp3) is 0.125. The summed E-state index contributed by atoms with van der Waals surface area (Å²) in [4.78, 5) is 24.3. The highest BCUT2D eigenvalue weighted by molar-refractivity contribution is 7.89. The number of anilines is 1. The minimum absolute atomic E-state index is 0.0202. The molecule has 1 fully saturated rings. The Morgan fingerprint density at radius 2 is 1.69 bits per heavy atom. The number of alkyl halides is 3. The molecule has 154 valence electrons. The lowest BCUT2D eigenvalue weighted by molar-refractivity contribution is -0.194. The van der Waals surface area contributed by atoms with Crippen LogP contribution in [-0.2, 0) is 14.8 Å². The monoisotopic (exact) mass is 451 g/mol. The van der Waals surface area contributed by atoms with Gasteiger partial charge in [-0.2, -0.15) is 17.9 Å². The van der Waals surface area contributed by atoms with Crippen molar-refractivity contribution < 1.29 is 35.6 Å². The minimum Gasteiger partial charge on any atom is -0.302 e. The van der Waals surface area contributed by atoms with Crippen molar-refractivity contribution in [3.63, 3.8) is 0 Å². The van der Waals surface area contributed by atoms with E-state index in [9.17, 15) is 35.6 Å². The van der Waals surface area contributed by atoms with Crippen LogP contribution in [0.2, 0.25) is 5.02 Å². The van der Waals surface area contributed by atoms with Crippen LogP contribution >= 0.6 is 11.6 Å². The summed E-state index contributed by atoms with van der Waals surface area (Å²) >= 11 is 5.56. The predicted molar refractivity (Wildman–Crippen MR) is 93.0 cm³/mol. The number of rotatable bonds is 4. The number of hydrogen-bond acceptors (Lipinski definition) is 4. The molecular weight excluding hydrogens is 442 g/mol. The van der Waals surface area contributed by atoms with Gasteiger partial charge in [0.2, 0.25) is 10.0 Å². The van der Waals surface area contributed by atoms with E-state index in [0.717, 1.165) is 30.3 Å². The second-order valence-corrected chi connectivity index (χ2v) is 7.93. The fourth-order valence-electron chi connectivity index (χ4n) is 2.57. The number of carbonyl (C=O) groups excluding carboxylic acids is 2. The number of carbonyl (C=O) groups is 2. The molecule has 1 aliphatic rings. The van der Waals surface area contributed by atoms with Gasteiger partial charge in [-0.15, -0.1) is 0 Å². The van der Waals surface area contributed by atoms with Crippen molar-refractivity contribution in [3.05, 3.63) is 59.4 Å². The summed E-state index contributed by atoms with van der Waals surface area (Å²) in [6.07, 6.45) is -5.56. The van der Waals surface area contributed by atoms with Crippen LogP contribution in [-0.4, -0.2) is 32.2 Å². The van der Waals surface area contributed by atoms with Crippen molar-refractivity contribution >= 4 is 39.2 Å². The van der Waals surface area contributed by atoms with Crippen molar-refractivity contribution in [2.45, 2.75) is 16.7 Å². The van der Waals surface area contributed by atoms with E-state index in [1.165, 1.54) is 28.2 Å². The number of halogens is 5. The van der Waals surface area contributed by atoms with Gasteiger partial charge in [-0.1, -0.05) is 29.8 Å². The van der Waals surface area contributed by atoms with Gasteiger partial charge in [0.15, 0.2) is 0 Å². The van der Waals surface area contributed by atoms with Crippen LogP contribution in [0.1, 0.15) is 0 Å². The third kappa shape index (κ3) is 3.54. The molecule has 13 heteroatoms. The van der Waals surface area contributed by atoms with Gasteiger partial charge in [0.25, 0.3) is 11.6 Å². The van der Waals surface area contributed by atoms with E-state index >= 15 is 0 Å². The van der Waals surface area contributed by atoms with E-state index in [1.807, 2.05) is 0 Å². The smallest absolute Gasteiger partial charge is 0.302 e. The van der Waals surface area contributed by atoms with Crippen LogP contribution in [0.25, 0.3) is 0 Å². The normalized spacial score (nSPS) is 20.1. The van der Waals surface area contributed by atoms with E-state index < -0.39 is 55.2 Å². The Morgan fingerprint density at radius 1 is 1.07 bits per heavy atom. The zero-order valence-electron chi connectivity index (χ0n) is 14.0. The Kier molecular flexibility index (Phi) is 5.05. The van der Waals surface area contributed by atoms with Crippen LogP contribution < -0.4 is 14.9 Å². The molecule has 1 aliphatic heterocycles. The van der Waals surface area contributed by atoms with Crippen LogP contribution in [0.3, 0.4) is 0 Å². The van der Waals surface area contributed by atoms with E-state index in [0.29, 0.717) is 0 Å². The molecular formula is C16H10ClF4N3O4S. The Balaban J connectivity index is 2.09. The topological polar surface area (TPSA) is 95.6 Å². The second kappa shape index (κ2) is 6.97. The number of hydrogen-bond donors (Lipinski definition) is 2. The Bertz CT molecular complexity index is 1100. The number of amides is 3. The number of urea groups is 1. The van der Waals surface area contributed by atoms with Crippen molar-refractivity contribution in [2.24, 2.45) is 0 Å². The highest BCUT2D eigenvalue weighted by Gasteiger charge is 2.69. The van der Waals surface area contributed by atoms with Gasteiger partial charge in [0.1, 0.15) is 5.82 Å². The Morgan fingerprint density at radius 3 is 2.24 bits per heavy atom. The van der Waals surface area contributed by atoms with Gasteiger partial charge in [-0.05, 0) is 30.3 Å². The molecule has 0 unspecified atom stereocenters. The first kappa shape index (κ1) is 21.0. The van der Waals surface area contributed by atoms with Gasteiger partial charge < -0.3 is 5.32 Å². The zero-order chi connectivity index (χ0) is 21.6. The standard InChI is InChI=1S/C16H10ClF4N3O4S/c17-11-8-9(6-7-12(11)18)24-13(25)15(16(19,20)21,22-14(24)26)23-29(27,28)10-4-2-1-3-5-10/h1-8,23H,(H,22,26)/t15-/m1/s1. The fourth-order valence-corrected chi connectivity index (χ4v) is 4.03. The summed E-state index contributed by atoms with van der Waals surface area (Å²) in [5.74, 6) is -2.91. The molecule has 0 bridgehead atoms. The molecule has 1 heterocycles. The third-order valence-corrected chi connectivity index (χ3v) is 5.71. The quantitative estimate of drug-likeness (QED) is 0.552. The number of sulfonamides is 1. The van der Waals surface area contributed by atoms with E-state index in [-0.39, 0.29) is 4.90 Å². The summed E-state index contributed by atoms with van der Waals surface area (Å²) in [6, 6.07) is 6.72. The molecule has 3 amide bonds. The van der Waals surface area contributed by atoms with Crippen LogP contribution in [0.5, 0.6) is 0 Å². The van der Waals surface area contributed by atoms with Gasteiger partial charge >= 0.3 is 12.2 Å². The highest BCUT2D eigenvalue weighted by Crippen LogP contribution is 2.37. The lowest BCUT2D eigenvalue weighted by atomic mass is 10.1. The maximum Gasteiger partial charge on any atom is 0.435 e. The Hall–Kier alpha value is -2.70. The molecule has 0 aromatic heterocycles. The van der Waals surface area contributed by atoms with E-state index in [2.05, 4.69) is 0 Å². The first-order valence-corrected chi connectivity index (χ1v) is 9.53. The summed E-state index contributed by atoms with van der Waals surface area (Å²) in [6.45, 7) is 0. The summed E-state index contributed by atoms with van der Waals surface area (Å²) in [5, 5.41) is 0.793. The van der Waals surface area contributed by atoms with Crippen molar-refractivity contribution in [3.8, 4) is 0 Å². The van der Waals surface area contributed by atoms with Gasteiger partial charge in [0, 0.05) is 0 Å². The largest absolute Gasteiger partial charge is 0.435 e. The number of benzene rings is 2. The number of nitrogens with one attached hydrogen (secondary N) is 2. The van der Waals surface area contributed by atoms with E-state index in [1.54, 1.807) is 0 Å². The maximum absolute atomic E-state index is 13.8. The summed E-state index contributed by atoms with van der Waals surface area (Å²) in [7, 11) is -4.88. The third-order valence-electron chi connectivity index (χ3n) is 3.95. The Labute approximate surface area is 166 Å². The summed E-state index contributed by atoms with van der Waals surface area (Å²) in [5.41, 5.74) is -4.46. The molecule has 0 aliphatic carbocycles. The lowest BCUT2D eigenvalue weighted by Gasteiger charge is -2.29. The van der Waals surface area contributed by atoms with Gasteiger partial charge in [-0.3, -0.25) is 4.79 Å². The van der Waals surface area contributed by atoms with Crippen molar-refractivity contribution in [1.82, 2.24) is 10.0 Å². The molecule has 0 saturated carbocycles. The molecule has 3 rings (SSSR count). The second-order valence-electron chi connectivity index (χ2n) is 5.84. The first-order valence-electron chi connectivity index (χ1n) is 7.66. The molecule has 0 spiro atoms. The lowest BCUT2D eigenvalue weighted by Crippen LogP contribution is -2.69. The predicted octanol–water partition coefficient (Wildman–Crippen LogP) is 2.77.